The van der Waals surface area contributed by atoms with Crippen molar-refractivity contribution in [2.24, 2.45) is 17.8 Å². The molecule has 0 fully saturated rings. The summed E-state index contributed by atoms with van der Waals surface area (Å²) in [6, 6.07) is -0.916. The Hall–Kier alpha value is -1.59. The molecule has 0 heterocycles. The number of aliphatic carboxylic acids is 1. The highest BCUT2D eigenvalue weighted by Gasteiger charge is 2.23. The number of hydrogen-bond acceptors (Lipinski definition) is 3. The number of amides is 2. The summed E-state index contributed by atoms with van der Waals surface area (Å²) in [5.74, 6) is -1.44. The van der Waals surface area contributed by atoms with Gasteiger partial charge in [-0.2, -0.15) is 0 Å². The molecule has 128 valence electrons. The molecule has 22 heavy (non-hydrogen) atoms. The Morgan fingerprint density at radius 3 is 2.09 bits per heavy atom. The van der Waals surface area contributed by atoms with E-state index < -0.39 is 17.9 Å². The summed E-state index contributed by atoms with van der Waals surface area (Å²) >= 11 is 0. The number of carboxylic acids is 1. The maximum Gasteiger partial charge on any atom is 0.326 e. The van der Waals surface area contributed by atoms with Gasteiger partial charge in [0.05, 0.1) is 6.54 Å². The van der Waals surface area contributed by atoms with Crippen molar-refractivity contribution in [1.82, 2.24) is 10.6 Å². The highest BCUT2D eigenvalue weighted by atomic mass is 16.4. The molecule has 2 atom stereocenters. The van der Waals surface area contributed by atoms with Crippen molar-refractivity contribution in [3.63, 3.8) is 0 Å². The van der Waals surface area contributed by atoms with Crippen LogP contribution in [0.2, 0.25) is 0 Å². The van der Waals surface area contributed by atoms with Crippen molar-refractivity contribution in [2.75, 3.05) is 6.54 Å². The Bertz CT molecular complexity index is 380. The highest BCUT2D eigenvalue weighted by Crippen LogP contribution is 2.16. The van der Waals surface area contributed by atoms with Gasteiger partial charge in [-0.15, -0.1) is 0 Å². The first-order valence-electron chi connectivity index (χ1n) is 7.98. The molecule has 0 bridgehead atoms. The fraction of sp³-hybridized carbons (Fsp3) is 0.812. The minimum atomic E-state index is -1.06. The topological polar surface area (TPSA) is 95.5 Å². The highest BCUT2D eigenvalue weighted by molar-refractivity contribution is 5.88. The summed E-state index contributed by atoms with van der Waals surface area (Å²) in [4.78, 5) is 35.0. The summed E-state index contributed by atoms with van der Waals surface area (Å²) in [5.41, 5.74) is 0. The van der Waals surface area contributed by atoms with E-state index in [1.54, 1.807) is 0 Å². The fourth-order valence-corrected chi connectivity index (χ4v) is 2.31. The van der Waals surface area contributed by atoms with Gasteiger partial charge in [0.15, 0.2) is 0 Å². The van der Waals surface area contributed by atoms with Crippen LogP contribution in [0.4, 0.5) is 0 Å². The molecular weight excluding hydrogens is 284 g/mol. The van der Waals surface area contributed by atoms with E-state index in [9.17, 15) is 14.4 Å². The molecule has 1 unspecified atom stereocenters. The van der Waals surface area contributed by atoms with Crippen LogP contribution in [0.1, 0.15) is 53.9 Å². The third-order valence-corrected chi connectivity index (χ3v) is 3.50. The van der Waals surface area contributed by atoms with Crippen LogP contribution in [0.3, 0.4) is 0 Å². The first kappa shape index (κ1) is 20.4. The van der Waals surface area contributed by atoms with Crippen molar-refractivity contribution in [1.29, 1.82) is 0 Å². The van der Waals surface area contributed by atoms with Crippen LogP contribution in [-0.2, 0) is 14.4 Å². The predicted octanol–water partition coefficient (Wildman–Crippen LogP) is 1.79. The van der Waals surface area contributed by atoms with E-state index in [1.807, 2.05) is 34.6 Å². The quantitative estimate of drug-likeness (QED) is 0.573. The van der Waals surface area contributed by atoms with E-state index in [2.05, 4.69) is 10.6 Å². The maximum atomic E-state index is 12.1. The van der Waals surface area contributed by atoms with Gasteiger partial charge in [-0.25, -0.2) is 4.79 Å². The Kier molecular flexibility index (Phi) is 9.45. The second-order valence-electron chi connectivity index (χ2n) is 6.44. The van der Waals surface area contributed by atoms with Gasteiger partial charge in [0.25, 0.3) is 0 Å². The van der Waals surface area contributed by atoms with Crippen molar-refractivity contribution in [3.05, 3.63) is 0 Å². The summed E-state index contributed by atoms with van der Waals surface area (Å²) < 4.78 is 0. The average molecular weight is 314 g/mol. The molecule has 0 aromatic carbocycles. The summed E-state index contributed by atoms with van der Waals surface area (Å²) in [7, 11) is 0. The normalized spacial score (nSPS) is 13.8. The molecular formula is C16H30N2O4. The van der Waals surface area contributed by atoms with Crippen LogP contribution in [0, 0.1) is 17.8 Å². The number of hydrogen-bond donors (Lipinski definition) is 3. The lowest BCUT2D eigenvalue weighted by Crippen LogP contribution is -2.47. The molecule has 0 aliphatic carbocycles. The van der Waals surface area contributed by atoms with Gasteiger partial charge in [-0.1, -0.05) is 41.0 Å². The van der Waals surface area contributed by atoms with Gasteiger partial charge < -0.3 is 15.7 Å². The molecule has 2 amide bonds. The number of nitrogens with one attached hydrogen (secondary N) is 2. The molecule has 6 nitrogen and oxygen atoms in total. The molecule has 0 aliphatic rings. The third kappa shape index (κ3) is 8.00. The van der Waals surface area contributed by atoms with Gasteiger partial charge in [0.2, 0.25) is 11.8 Å². The third-order valence-electron chi connectivity index (χ3n) is 3.50. The van der Waals surface area contributed by atoms with E-state index in [-0.39, 0.29) is 30.2 Å². The van der Waals surface area contributed by atoms with Crippen LogP contribution >= 0.6 is 0 Å². The summed E-state index contributed by atoms with van der Waals surface area (Å²) in [6.45, 7) is 9.56. The zero-order chi connectivity index (χ0) is 17.3. The van der Waals surface area contributed by atoms with E-state index in [4.69, 9.17) is 5.11 Å². The van der Waals surface area contributed by atoms with Gasteiger partial charge in [0.1, 0.15) is 6.04 Å². The first-order chi connectivity index (χ1) is 10.2. The maximum absolute atomic E-state index is 12.1. The van der Waals surface area contributed by atoms with Crippen molar-refractivity contribution in [2.45, 2.75) is 59.9 Å². The lowest BCUT2D eigenvalue weighted by atomic mass is 9.90. The molecule has 0 radical (unpaired) electrons. The zero-order valence-corrected chi connectivity index (χ0v) is 14.3. The fourth-order valence-electron chi connectivity index (χ4n) is 2.31. The van der Waals surface area contributed by atoms with E-state index in [0.29, 0.717) is 6.42 Å². The molecule has 0 aromatic heterocycles. The molecule has 0 saturated carbocycles. The second-order valence-corrected chi connectivity index (χ2v) is 6.44. The minimum absolute atomic E-state index is 0.122. The number of carbonyl (C=O) groups is 3. The SMILES string of the molecule is CCCC(C(=O)NCC(=O)N[C@@H](CC(C)C)C(=O)O)C(C)C. The first-order valence-corrected chi connectivity index (χ1v) is 7.98. The lowest BCUT2D eigenvalue weighted by molar-refractivity contribution is -0.142. The molecule has 0 spiro atoms. The van der Waals surface area contributed by atoms with Gasteiger partial charge in [-0.3, -0.25) is 9.59 Å². The smallest absolute Gasteiger partial charge is 0.326 e. The standard InChI is InChI=1S/C16H30N2O4/c1-6-7-12(11(4)5)15(20)17-9-14(19)18-13(16(21)22)8-10(2)3/h10-13H,6-9H2,1-5H3,(H,17,20)(H,18,19)(H,21,22)/t12?,13-/m0/s1. The molecule has 6 heteroatoms. The van der Waals surface area contributed by atoms with E-state index in [0.717, 1.165) is 12.8 Å². The number of carboxylic acid groups (broad SMARTS) is 1. The number of rotatable bonds is 10. The molecule has 3 N–H and O–H groups in total. The molecule has 0 aromatic rings. The second kappa shape index (κ2) is 10.2. The van der Waals surface area contributed by atoms with Crippen molar-refractivity contribution >= 4 is 17.8 Å². The lowest BCUT2D eigenvalue weighted by Gasteiger charge is -2.20. The zero-order valence-electron chi connectivity index (χ0n) is 14.3. The summed E-state index contributed by atoms with van der Waals surface area (Å²) in [5, 5.41) is 14.1. The van der Waals surface area contributed by atoms with Crippen molar-refractivity contribution < 1.29 is 19.5 Å². The van der Waals surface area contributed by atoms with Crippen LogP contribution in [0.25, 0.3) is 0 Å². The predicted molar refractivity (Wildman–Crippen MR) is 85.3 cm³/mol. The Balaban J connectivity index is 4.41. The number of carbonyl (C=O) groups excluding carboxylic acids is 2. The van der Waals surface area contributed by atoms with Crippen LogP contribution < -0.4 is 10.6 Å². The Morgan fingerprint density at radius 1 is 1.09 bits per heavy atom. The average Bonchev–Trinajstić information content (AvgIpc) is 2.40. The van der Waals surface area contributed by atoms with Gasteiger partial charge >= 0.3 is 5.97 Å². The van der Waals surface area contributed by atoms with Gasteiger partial charge in [0, 0.05) is 5.92 Å². The molecule has 0 rings (SSSR count). The Labute approximate surface area is 133 Å². The Morgan fingerprint density at radius 2 is 1.68 bits per heavy atom. The van der Waals surface area contributed by atoms with Crippen LogP contribution in [0.15, 0.2) is 0 Å². The van der Waals surface area contributed by atoms with Gasteiger partial charge in [-0.05, 0) is 24.7 Å². The molecule has 0 aliphatic heterocycles. The molecule has 0 saturated heterocycles. The summed E-state index contributed by atoms with van der Waals surface area (Å²) in [6.07, 6.45) is 2.04. The van der Waals surface area contributed by atoms with Crippen molar-refractivity contribution in [3.8, 4) is 0 Å². The van der Waals surface area contributed by atoms with E-state index >= 15 is 0 Å². The minimum Gasteiger partial charge on any atom is -0.480 e. The van der Waals surface area contributed by atoms with Crippen LogP contribution in [0.5, 0.6) is 0 Å². The largest absolute Gasteiger partial charge is 0.480 e. The van der Waals surface area contributed by atoms with E-state index in [1.165, 1.54) is 0 Å². The van der Waals surface area contributed by atoms with Crippen LogP contribution in [-0.4, -0.2) is 35.5 Å². The monoisotopic (exact) mass is 314 g/mol.